The Morgan fingerprint density at radius 3 is 2.52 bits per heavy atom. The van der Waals surface area contributed by atoms with Crippen LogP contribution >= 0.6 is 0 Å². The van der Waals surface area contributed by atoms with Crippen molar-refractivity contribution in [2.24, 2.45) is 0 Å². The molecule has 2 aromatic rings. The molecule has 0 saturated heterocycles. The molecule has 0 unspecified atom stereocenters. The van der Waals surface area contributed by atoms with Crippen molar-refractivity contribution in [3.05, 3.63) is 65.0 Å². The van der Waals surface area contributed by atoms with Crippen LogP contribution < -0.4 is 4.72 Å². The lowest BCUT2D eigenvalue weighted by Crippen LogP contribution is -2.30. The molecule has 0 aliphatic heterocycles. The van der Waals surface area contributed by atoms with E-state index in [-0.39, 0.29) is 18.3 Å². The van der Waals surface area contributed by atoms with Gasteiger partial charge in [-0.2, -0.15) is 0 Å². The zero-order chi connectivity index (χ0) is 18.6. The van der Waals surface area contributed by atoms with E-state index in [1.807, 2.05) is 6.92 Å². The molecular weight excluding hydrogens is 343 g/mol. The Kier molecular flexibility index (Phi) is 5.79. The molecule has 5 nitrogen and oxygen atoms in total. The van der Waals surface area contributed by atoms with E-state index in [2.05, 4.69) is 4.72 Å². The minimum Gasteiger partial charge on any atom is -0.335 e. The lowest BCUT2D eigenvalue weighted by molar-refractivity contribution is 0.0752. The van der Waals surface area contributed by atoms with Gasteiger partial charge in [0, 0.05) is 18.7 Å². The number of hydrogen-bond acceptors (Lipinski definition) is 3. The van der Waals surface area contributed by atoms with E-state index < -0.39 is 10.0 Å². The highest BCUT2D eigenvalue weighted by atomic mass is 32.2. The molecule has 0 aliphatic carbocycles. The number of rotatable bonds is 6. The normalized spacial score (nSPS) is 11.2. The molecule has 1 N–H and O–H groups in total. The maximum absolute atomic E-state index is 13.3. The second-order valence-corrected chi connectivity index (χ2v) is 7.60. The Hall–Kier alpha value is -2.41. The minimum absolute atomic E-state index is 0.247. The fourth-order valence-electron chi connectivity index (χ4n) is 2.43. The van der Waals surface area contributed by atoms with Gasteiger partial charge in [-0.15, -0.1) is 0 Å². The van der Waals surface area contributed by atoms with Gasteiger partial charge in [-0.05, 0) is 49.2 Å². The second kappa shape index (κ2) is 7.65. The molecule has 25 heavy (non-hydrogen) atoms. The summed E-state index contributed by atoms with van der Waals surface area (Å²) in [5.74, 6) is -0.598. The summed E-state index contributed by atoms with van der Waals surface area (Å²) in [5, 5.41) is 0. The monoisotopic (exact) mass is 364 g/mol. The van der Waals surface area contributed by atoms with Crippen LogP contribution in [0.2, 0.25) is 0 Å². The number of sulfonamides is 1. The van der Waals surface area contributed by atoms with Crippen LogP contribution in [-0.4, -0.2) is 32.0 Å². The Morgan fingerprint density at radius 2 is 1.92 bits per heavy atom. The molecule has 0 aliphatic rings. The molecule has 1 amide bonds. The van der Waals surface area contributed by atoms with E-state index in [0.717, 1.165) is 11.8 Å². The van der Waals surface area contributed by atoms with Gasteiger partial charge in [0.05, 0.1) is 11.9 Å². The Morgan fingerprint density at radius 1 is 1.20 bits per heavy atom. The number of anilines is 1. The third kappa shape index (κ3) is 5.29. The van der Waals surface area contributed by atoms with Gasteiger partial charge in [-0.25, -0.2) is 12.8 Å². The third-order valence-electron chi connectivity index (χ3n) is 3.71. The first-order chi connectivity index (χ1) is 11.7. The first kappa shape index (κ1) is 18.9. The number of aryl methyl sites for hydroxylation is 1. The largest absolute Gasteiger partial charge is 0.335 e. The Bertz CT molecular complexity index is 882. The zero-order valence-corrected chi connectivity index (χ0v) is 15.2. The van der Waals surface area contributed by atoms with E-state index in [9.17, 15) is 17.6 Å². The summed E-state index contributed by atoms with van der Waals surface area (Å²) < 4.78 is 38.7. The van der Waals surface area contributed by atoms with Crippen LogP contribution in [0.5, 0.6) is 0 Å². The highest BCUT2D eigenvalue weighted by Gasteiger charge is 2.17. The SMILES string of the molecule is CCN(Cc1cccc(F)c1)C(=O)c1ccc(C)c(NS(C)(=O)=O)c1. The predicted octanol–water partition coefficient (Wildman–Crippen LogP) is 3.17. The molecule has 0 radical (unpaired) electrons. The standard InChI is InChI=1S/C18H21FN2O3S/c1-4-21(12-14-6-5-7-16(19)10-14)18(22)15-9-8-13(2)17(11-15)20-25(3,23)24/h5-11,20H,4,12H2,1-3H3. The summed E-state index contributed by atoms with van der Waals surface area (Å²) in [4.78, 5) is 14.3. The topological polar surface area (TPSA) is 66.5 Å². The number of halogens is 1. The summed E-state index contributed by atoms with van der Waals surface area (Å²) in [6.45, 7) is 4.31. The van der Waals surface area contributed by atoms with Gasteiger partial charge in [-0.3, -0.25) is 9.52 Å². The molecule has 0 bridgehead atoms. The molecule has 0 spiro atoms. The Labute approximate surface area is 147 Å². The van der Waals surface area contributed by atoms with Gasteiger partial charge in [0.1, 0.15) is 5.82 Å². The summed E-state index contributed by atoms with van der Waals surface area (Å²) in [6, 6.07) is 11.0. The highest BCUT2D eigenvalue weighted by molar-refractivity contribution is 7.92. The van der Waals surface area contributed by atoms with Gasteiger partial charge in [-0.1, -0.05) is 18.2 Å². The van der Waals surface area contributed by atoms with Crippen LogP contribution in [0.1, 0.15) is 28.4 Å². The van der Waals surface area contributed by atoms with Crippen molar-refractivity contribution < 1.29 is 17.6 Å². The van der Waals surface area contributed by atoms with E-state index >= 15 is 0 Å². The summed E-state index contributed by atoms with van der Waals surface area (Å²) in [6.07, 6.45) is 1.06. The molecule has 0 heterocycles. The zero-order valence-electron chi connectivity index (χ0n) is 14.4. The number of benzene rings is 2. The minimum atomic E-state index is -3.44. The van der Waals surface area contributed by atoms with E-state index in [1.165, 1.54) is 18.2 Å². The van der Waals surface area contributed by atoms with Gasteiger partial charge in [0.2, 0.25) is 10.0 Å². The maximum Gasteiger partial charge on any atom is 0.254 e. The molecule has 0 saturated carbocycles. The van der Waals surface area contributed by atoms with E-state index in [4.69, 9.17) is 0 Å². The molecular formula is C18H21FN2O3S. The molecule has 7 heteroatoms. The highest BCUT2D eigenvalue weighted by Crippen LogP contribution is 2.20. The van der Waals surface area contributed by atoms with Crippen LogP contribution in [0.3, 0.4) is 0 Å². The maximum atomic E-state index is 13.3. The van der Waals surface area contributed by atoms with E-state index in [0.29, 0.717) is 23.4 Å². The average Bonchev–Trinajstić information content (AvgIpc) is 2.53. The number of nitrogens with one attached hydrogen (secondary N) is 1. The quantitative estimate of drug-likeness (QED) is 0.856. The fourth-order valence-corrected chi connectivity index (χ4v) is 3.05. The van der Waals surface area contributed by atoms with Crippen molar-refractivity contribution in [2.75, 3.05) is 17.5 Å². The number of hydrogen-bond donors (Lipinski definition) is 1. The van der Waals surface area contributed by atoms with Crippen molar-refractivity contribution in [3.63, 3.8) is 0 Å². The van der Waals surface area contributed by atoms with Crippen molar-refractivity contribution in [2.45, 2.75) is 20.4 Å². The lowest BCUT2D eigenvalue weighted by atomic mass is 10.1. The van der Waals surface area contributed by atoms with Crippen molar-refractivity contribution in [1.82, 2.24) is 4.90 Å². The van der Waals surface area contributed by atoms with Crippen LogP contribution in [0.4, 0.5) is 10.1 Å². The predicted molar refractivity (Wildman–Crippen MR) is 96.5 cm³/mol. The van der Waals surface area contributed by atoms with Crippen molar-refractivity contribution in [3.8, 4) is 0 Å². The molecule has 2 aromatic carbocycles. The Balaban J connectivity index is 2.26. The number of carbonyl (C=O) groups excluding carboxylic acids is 1. The van der Waals surface area contributed by atoms with Crippen LogP contribution in [0, 0.1) is 12.7 Å². The van der Waals surface area contributed by atoms with Crippen LogP contribution in [-0.2, 0) is 16.6 Å². The molecule has 0 fully saturated rings. The van der Waals surface area contributed by atoms with Gasteiger partial charge >= 0.3 is 0 Å². The third-order valence-corrected chi connectivity index (χ3v) is 4.30. The van der Waals surface area contributed by atoms with E-state index in [1.54, 1.807) is 36.1 Å². The van der Waals surface area contributed by atoms with Gasteiger partial charge in [0.15, 0.2) is 0 Å². The number of carbonyl (C=O) groups is 1. The summed E-state index contributed by atoms with van der Waals surface area (Å²) in [7, 11) is -3.44. The van der Waals surface area contributed by atoms with Crippen molar-refractivity contribution >= 4 is 21.6 Å². The van der Waals surface area contributed by atoms with Gasteiger partial charge in [0.25, 0.3) is 5.91 Å². The number of nitrogens with zero attached hydrogens (tertiary/aromatic N) is 1. The van der Waals surface area contributed by atoms with Crippen molar-refractivity contribution in [1.29, 1.82) is 0 Å². The number of amides is 1. The molecule has 2 rings (SSSR count). The molecule has 0 atom stereocenters. The summed E-state index contributed by atoms with van der Waals surface area (Å²) >= 11 is 0. The molecule has 0 aromatic heterocycles. The van der Waals surface area contributed by atoms with Gasteiger partial charge < -0.3 is 4.90 Å². The average molecular weight is 364 g/mol. The second-order valence-electron chi connectivity index (χ2n) is 5.85. The first-order valence-electron chi connectivity index (χ1n) is 7.81. The fraction of sp³-hybridized carbons (Fsp3) is 0.278. The van der Waals surface area contributed by atoms with Crippen LogP contribution in [0.25, 0.3) is 0 Å². The van der Waals surface area contributed by atoms with Crippen LogP contribution in [0.15, 0.2) is 42.5 Å². The first-order valence-corrected chi connectivity index (χ1v) is 9.71. The molecule has 134 valence electrons. The summed E-state index contributed by atoms with van der Waals surface area (Å²) in [5.41, 5.74) is 2.15. The smallest absolute Gasteiger partial charge is 0.254 e. The lowest BCUT2D eigenvalue weighted by Gasteiger charge is -2.22.